The predicted octanol–water partition coefficient (Wildman–Crippen LogP) is 3.03. The molecule has 3 aromatic rings. The summed E-state index contributed by atoms with van der Waals surface area (Å²) < 4.78 is 5.21. The van der Waals surface area contributed by atoms with E-state index < -0.39 is 17.7 Å². The summed E-state index contributed by atoms with van der Waals surface area (Å²) in [6.45, 7) is 1.95. The SMILES string of the molecule is Cc1ccc(NC(=O)c2ccc3c(c2)C(=O)N(Cc2ccco2)C3=O)nc1. The molecule has 0 saturated heterocycles. The van der Waals surface area contributed by atoms with E-state index in [4.69, 9.17) is 4.42 Å². The molecule has 3 amide bonds. The molecule has 1 aliphatic rings. The minimum atomic E-state index is -0.450. The van der Waals surface area contributed by atoms with E-state index in [2.05, 4.69) is 10.3 Å². The number of fused-ring (bicyclic) bond motifs is 1. The molecule has 3 heterocycles. The summed E-state index contributed by atoms with van der Waals surface area (Å²) in [6, 6.07) is 11.4. The number of aromatic nitrogens is 1. The summed E-state index contributed by atoms with van der Waals surface area (Å²) in [5.41, 5.74) is 1.73. The van der Waals surface area contributed by atoms with Gasteiger partial charge >= 0.3 is 0 Å². The molecule has 1 aliphatic heterocycles. The Morgan fingerprint density at radius 2 is 1.93 bits per heavy atom. The number of nitrogens with zero attached hydrogens (tertiary/aromatic N) is 2. The number of hydrogen-bond donors (Lipinski definition) is 1. The van der Waals surface area contributed by atoms with Crippen LogP contribution in [0.2, 0.25) is 0 Å². The summed E-state index contributed by atoms with van der Waals surface area (Å²) in [4.78, 5) is 42.8. The third-order valence-electron chi connectivity index (χ3n) is 4.28. The third kappa shape index (κ3) is 3.10. The Kier molecular flexibility index (Phi) is 4.04. The topological polar surface area (TPSA) is 92.5 Å². The van der Waals surface area contributed by atoms with Crippen molar-refractivity contribution in [1.29, 1.82) is 0 Å². The van der Waals surface area contributed by atoms with E-state index in [1.807, 2.05) is 13.0 Å². The number of furan rings is 1. The van der Waals surface area contributed by atoms with E-state index in [9.17, 15) is 14.4 Å². The number of imide groups is 1. The molecule has 0 unspecified atom stereocenters. The average Bonchev–Trinajstić information content (AvgIpc) is 3.26. The zero-order valence-corrected chi connectivity index (χ0v) is 14.4. The van der Waals surface area contributed by atoms with E-state index in [1.54, 1.807) is 24.4 Å². The molecular weight excluding hydrogens is 346 g/mol. The fourth-order valence-corrected chi connectivity index (χ4v) is 2.86. The number of carbonyl (C=O) groups excluding carboxylic acids is 3. The Balaban J connectivity index is 1.57. The zero-order chi connectivity index (χ0) is 19.0. The lowest BCUT2D eigenvalue weighted by atomic mass is 10.1. The molecule has 0 fully saturated rings. The number of hydrogen-bond acceptors (Lipinski definition) is 5. The van der Waals surface area contributed by atoms with Crippen LogP contribution in [0, 0.1) is 6.92 Å². The van der Waals surface area contributed by atoms with E-state index in [-0.39, 0.29) is 23.2 Å². The summed E-state index contributed by atoms with van der Waals surface area (Å²) in [5.74, 6) is -0.340. The molecule has 0 radical (unpaired) electrons. The van der Waals surface area contributed by atoms with Crippen molar-refractivity contribution in [1.82, 2.24) is 9.88 Å². The smallest absolute Gasteiger partial charge is 0.261 e. The molecular formula is C20H15N3O4. The van der Waals surface area contributed by atoms with Gasteiger partial charge in [0.2, 0.25) is 0 Å². The first-order valence-corrected chi connectivity index (χ1v) is 8.29. The summed E-state index contributed by atoms with van der Waals surface area (Å²) in [5, 5.41) is 2.68. The van der Waals surface area contributed by atoms with Crippen molar-refractivity contribution in [3.63, 3.8) is 0 Å². The molecule has 0 saturated carbocycles. The summed E-state index contributed by atoms with van der Waals surface area (Å²) in [6.07, 6.45) is 3.13. The number of amides is 3. The van der Waals surface area contributed by atoms with Gasteiger partial charge in [0.15, 0.2) is 0 Å². The van der Waals surface area contributed by atoms with Crippen molar-refractivity contribution in [2.24, 2.45) is 0 Å². The number of aryl methyl sites for hydroxylation is 1. The van der Waals surface area contributed by atoms with Crippen LogP contribution in [0.1, 0.15) is 42.4 Å². The van der Waals surface area contributed by atoms with Crippen molar-refractivity contribution in [2.45, 2.75) is 13.5 Å². The Bertz CT molecular complexity index is 1040. The van der Waals surface area contributed by atoms with Crippen LogP contribution in [0.3, 0.4) is 0 Å². The lowest BCUT2D eigenvalue weighted by Gasteiger charge is -2.11. The van der Waals surface area contributed by atoms with Crippen LogP contribution in [-0.2, 0) is 6.54 Å². The molecule has 1 aromatic carbocycles. The lowest BCUT2D eigenvalue weighted by molar-refractivity contribution is 0.0631. The standard InChI is InChI=1S/C20H15N3O4/c1-12-4-7-17(21-10-12)22-18(24)13-5-6-15-16(9-13)20(26)23(19(15)25)11-14-3-2-8-27-14/h2-10H,11H2,1H3,(H,21,22,24). The number of anilines is 1. The van der Waals surface area contributed by atoms with Gasteiger partial charge < -0.3 is 9.73 Å². The minimum Gasteiger partial charge on any atom is -0.467 e. The predicted molar refractivity (Wildman–Crippen MR) is 96.3 cm³/mol. The molecule has 2 aromatic heterocycles. The number of nitrogens with one attached hydrogen (secondary N) is 1. The molecule has 7 heteroatoms. The van der Waals surface area contributed by atoms with Gasteiger partial charge in [-0.2, -0.15) is 0 Å². The largest absolute Gasteiger partial charge is 0.467 e. The van der Waals surface area contributed by atoms with Crippen LogP contribution >= 0.6 is 0 Å². The van der Waals surface area contributed by atoms with Gasteiger partial charge in [-0.1, -0.05) is 6.07 Å². The zero-order valence-electron chi connectivity index (χ0n) is 14.4. The second kappa shape index (κ2) is 6.53. The summed E-state index contributed by atoms with van der Waals surface area (Å²) >= 11 is 0. The van der Waals surface area contributed by atoms with Crippen molar-refractivity contribution in [3.05, 3.63) is 82.9 Å². The molecule has 134 valence electrons. The maximum Gasteiger partial charge on any atom is 0.261 e. The fourth-order valence-electron chi connectivity index (χ4n) is 2.86. The van der Waals surface area contributed by atoms with Crippen LogP contribution in [0.25, 0.3) is 0 Å². The lowest BCUT2D eigenvalue weighted by Crippen LogP contribution is -2.28. The van der Waals surface area contributed by atoms with Crippen LogP contribution in [0.4, 0.5) is 5.82 Å². The van der Waals surface area contributed by atoms with Crippen molar-refractivity contribution in [2.75, 3.05) is 5.32 Å². The van der Waals surface area contributed by atoms with Gasteiger partial charge in [-0.3, -0.25) is 19.3 Å². The Labute approximate surface area is 154 Å². The van der Waals surface area contributed by atoms with E-state index in [1.165, 1.54) is 24.5 Å². The van der Waals surface area contributed by atoms with Gasteiger partial charge in [0.05, 0.1) is 23.9 Å². The summed E-state index contributed by atoms with van der Waals surface area (Å²) in [7, 11) is 0. The number of carbonyl (C=O) groups is 3. The first-order chi connectivity index (χ1) is 13.0. The van der Waals surface area contributed by atoms with Crippen molar-refractivity contribution < 1.29 is 18.8 Å². The normalized spacial score (nSPS) is 13.0. The average molecular weight is 361 g/mol. The maximum absolute atomic E-state index is 12.6. The van der Waals surface area contributed by atoms with E-state index in [0.717, 1.165) is 10.5 Å². The van der Waals surface area contributed by atoms with Gasteiger partial charge in [0.25, 0.3) is 17.7 Å². The fraction of sp³-hybridized carbons (Fsp3) is 0.100. The van der Waals surface area contributed by atoms with Crippen LogP contribution in [0.15, 0.2) is 59.3 Å². The number of pyridine rings is 1. The molecule has 27 heavy (non-hydrogen) atoms. The highest BCUT2D eigenvalue weighted by atomic mass is 16.3. The van der Waals surface area contributed by atoms with Gasteiger partial charge in [0.1, 0.15) is 11.6 Å². The van der Waals surface area contributed by atoms with Gasteiger partial charge in [-0.15, -0.1) is 0 Å². The number of benzene rings is 1. The minimum absolute atomic E-state index is 0.0498. The van der Waals surface area contributed by atoms with E-state index in [0.29, 0.717) is 11.6 Å². The van der Waals surface area contributed by atoms with Crippen molar-refractivity contribution in [3.8, 4) is 0 Å². The molecule has 7 nitrogen and oxygen atoms in total. The van der Waals surface area contributed by atoms with Crippen molar-refractivity contribution >= 4 is 23.5 Å². The van der Waals surface area contributed by atoms with Gasteiger partial charge in [-0.05, 0) is 48.9 Å². The molecule has 0 aliphatic carbocycles. The molecule has 0 atom stereocenters. The second-order valence-electron chi connectivity index (χ2n) is 6.21. The second-order valence-corrected chi connectivity index (χ2v) is 6.21. The number of rotatable bonds is 4. The Morgan fingerprint density at radius 1 is 1.11 bits per heavy atom. The highest BCUT2D eigenvalue weighted by molar-refractivity contribution is 6.22. The molecule has 4 rings (SSSR count). The Hall–Kier alpha value is -3.74. The molecule has 0 bridgehead atoms. The van der Waals surface area contributed by atoms with Gasteiger partial charge in [-0.25, -0.2) is 4.98 Å². The molecule has 1 N–H and O–H groups in total. The van der Waals surface area contributed by atoms with Crippen LogP contribution in [-0.4, -0.2) is 27.6 Å². The first-order valence-electron chi connectivity index (χ1n) is 8.29. The first kappa shape index (κ1) is 16.7. The monoisotopic (exact) mass is 361 g/mol. The maximum atomic E-state index is 12.6. The quantitative estimate of drug-likeness (QED) is 0.721. The van der Waals surface area contributed by atoms with Crippen LogP contribution < -0.4 is 5.32 Å². The highest BCUT2D eigenvalue weighted by Gasteiger charge is 2.36. The van der Waals surface area contributed by atoms with Gasteiger partial charge in [0, 0.05) is 11.8 Å². The highest BCUT2D eigenvalue weighted by Crippen LogP contribution is 2.26. The van der Waals surface area contributed by atoms with Crippen LogP contribution in [0.5, 0.6) is 0 Å². The third-order valence-corrected chi connectivity index (χ3v) is 4.28. The Morgan fingerprint density at radius 3 is 2.63 bits per heavy atom. The van der Waals surface area contributed by atoms with E-state index >= 15 is 0 Å². The molecule has 0 spiro atoms.